The third-order valence-electron chi connectivity index (χ3n) is 2.89. The van der Waals surface area contributed by atoms with E-state index in [2.05, 4.69) is 15.2 Å². The molecular weight excluding hydrogens is 264 g/mol. The van der Waals surface area contributed by atoms with Crippen LogP contribution in [0.3, 0.4) is 0 Å². The molecule has 0 amide bonds. The molecule has 0 spiro atoms. The highest BCUT2D eigenvalue weighted by atomic mass is 16.5. The molecule has 1 aromatic heterocycles. The molecule has 2 rings (SSSR count). The van der Waals surface area contributed by atoms with Gasteiger partial charge in [-0.05, 0) is 50.2 Å². The number of benzene rings is 1. The van der Waals surface area contributed by atoms with Gasteiger partial charge in [0.1, 0.15) is 5.82 Å². The van der Waals surface area contributed by atoms with E-state index in [1.807, 2.05) is 58.3 Å². The van der Waals surface area contributed by atoms with E-state index in [0.717, 1.165) is 11.4 Å². The Kier molecular flexibility index (Phi) is 4.52. The maximum absolute atomic E-state index is 5.86. The number of nitrogens with two attached hydrogens (primary N) is 1. The summed E-state index contributed by atoms with van der Waals surface area (Å²) in [4.78, 5) is 6.45. The number of anilines is 4. The SMILES string of the molecule is CC(C)Oc1nc(Nc2ccc(N(C)C)cc2)ccc1N. The Morgan fingerprint density at radius 3 is 2.33 bits per heavy atom. The van der Waals surface area contributed by atoms with Crippen LogP contribution >= 0.6 is 0 Å². The summed E-state index contributed by atoms with van der Waals surface area (Å²) in [7, 11) is 4.03. The molecule has 1 heterocycles. The minimum absolute atomic E-state index is 0.0365. The first-order valence-electron chi connectivity index (χ1n) is 6.93. The van der Waals surface area contributed by atoms with E-state index in [1.165, 1.54) is 0 Å². The van der Waals surface area contributed by atoms with Crippen LogP contribution in [0.25, 0.3) is 0 Å². The molecule has 0 radical (unpaired) electrons. The lowest BCUT2D eigenvalue weighted by atomic mass is 10.2. The van der Waals surface area contributed by atoms with Gasteiger partial charge in [0.05, 0.1) is 11.8 Å². The van der Waals surface area contributed by atoms with Gasteiger partial charge in [0.2, 0.25) is 5.88 Å². The van der Waals surface area contributed by atoms with Crippen molar-refractivity contribution in [3.8, 4) is 5.88 Å². The lowest BCUT2D eigenvalue weighted by molar-refractivity contribution is 0.234. The molecule has 0 saturated carbocycles. The van der Waals surface area contributed by atoms with Crippen LogP contribution in [0.15, 0.2) is 36.4 Å². The van der Waals surface area contributed by atoms with Crippen LogP contribution in [0.1, 0.15) is 13.8 Å². The van der Waals surface area contributed by atoms with Crippen LogP contribution < -0.4 is 20.7 Å². The standard InChI is InChI=1S/C16H22N4O/c1-11(2)21-16-14(17)9-10-15(19-16)18-12-5-7-13(8-6-12)20(3)4/h5-11H,17H2,1-4H3,(H,18,19). The Labute approximate surface area is 125 Å². The van der Waals surface area contributed by atoms with Gasteiger partial charge in [-0.2, -0.15) is 4.98 Å². The minimum atomic E-state index is 0.0365. The molecule has 0 fully saturated rings. The summed E-state index contributed by atoms with van der Waals surface area (Å²) in [6, 6.07) is 11.7. The molecule has 0 aliphatic heterocycles. The van der Waals surface area contributed by atoms with Crippen molar-refractivity contribution >= 4 is 22.9 Å². The number of hydrogen-bond acceptors (Lipinski definition) is 5. The normalized spacial score (nSPS) is 10.5. The van der Waals surface area contributed by atoms with Crippen LogP contribution in [0.5, 0.6) is 5.88 Å². The predicted octanol–water partition coefficient (Wildman–Crippen LogP) is 3.26. The van der Waals surface area contributed by atoms with Crippen molar-refractivity contribution in [2.75, 3.05) is 30.0 Å². The second-order valence-electron chi connectivity index (χ2n) is 5.32. The number of rotatable bonds is 5. The molecule has 21 heavy (non-hydrogen) atoms. The average Bonchev–Trinajstić information content (AvgIpc) is 2.42. The second kappa shape index (κ2) is 6.35. The van der Waals surface area contributed by atoms with Gasteiger partial charge in [0.25, 0.3) is 0 Å². The van der Waals surface area contributed by atoms with Gasteiger partial charge in [-0.25, -0.2) is 0 Å². The molecule has 3 N–H and O–H groups in total. The summed E-state index contributed by atoms with van der Waals surface area (Å²) in [5.41, 5.74) is 8.52. The summed E-state index contributed by atoms with van der Waals surface area (Å²) in [5, 5.41) is 3.25. The molecule has 0 unspecified atom stereocenters. The smallest absolute Gasteiger partial charge is 0.239 e. The van der Waals surface area contributed by atoms with Crippen molar-refractivity contribution in [2.24, 2.45) is 0 Å². The Morgan fingerprint density at radius 2 is 1.76 bits per heavy atom. The third kappa shape index (κ3) is 4.02. The minimum Gasteiger partial charge on any atom is -0.473 e. The lowest BCUT2D eigenvalue weighted by Crippen LogP contribution is -2.10. The van der Waals surface area contributed by atoms with Crippen LogP contribution in [0, 0.1) is 0 Å². The number of nitrogens with zero attached hydrogens (tertiary/aromatic N) is 2. The summed E-state index contributed by atoms with van der Waals surface area (Å²) in [6.07, 6.45) is 0.0365. The van der Waals surface area contributed by atoms with Gasteiger partial charge in [-0.15, -0.1) is 0 Å². The lowest BCUT2D eigenvalue weighted by Gasteiger charge is -2.14. The van der Waals surface area contributed by atoms with E-state index < -0.39 is 0 Å². The highest BCUT2D eigenvalue weighted by Crippen LogP contribution is 2.25. The average molecular weight is 286 g/mol. The van der Waals surface area contributed by atoms with Crippen molar-refractivity contribution in [3.63, 3.8) is 0 Å². The van der Waals surface area contributed by atoms with Crippen molar-refractivity contribution in [3.05, 3.63) is 36.4 Å². The molecular formula is C16H22N4O. The summed E-state index contributed by atoms with van der Waals surface area (Å²) in [6.45, 7) is 3.89. The van der Waals surface area contributed by atoms with E-state index in [9.17, 15) is 0 Å². The van der Waals surface area contributed by atoms with E-state index in [-0.39, 0.29) is 6.10 Å². The van der Waals surface area contributed by atoms with Gasteiger partial charge < -0.3 is 20.7 Å². The fourth-order valence-electron chi connectivity index (χ4n) is 1.83. The second-order valence-corrected chi connectivity index (χ2v) is 5.32. The van der Waals surface area contributed by atoms with Gasteiger partial charge in [0, 0.05) is 25.5 Å². The monoisotopic (exact) mass is 286 g/mol. The van der Waals surface area contributed by atoms with E-state index in [1.54, 1.807) is 6.07 Å². The summed E-state index contributed by atoms with van der Waals surface area (Å²) < 4.78 is 5.59. The largest absolute Gasteiger partial charge is 0.473 e. The Balaban J connectivity index is 2.15. The first-order valence-corrected chi connectivity index (χ1v) is 6.93. The van der Waals surface area contributed by atoms with Gasteiger partial charge in [-0.1, -0.05) is 0 Å². The topological polar surface area (TPSA) is 63.4 Å². The molecule has 5 heteroatoms. The Bertz CT molecular complexity index is 594. The number of hydrogen-bond donors (Lipinski definition) is 2. The maximum Gasteiger partial charge on any atom is 0.239 e. The number of pyridine rings is 1. The number of nitrogen functional groups attached to an aromatic ring is 1. The van der Waals surface area contributed by atoms with E-state index in [0.29, 0.717) is 17.4 Å². The molecule has 0 saturated heterocycles. The molecule has 0 aliphatic rings. The number of aromatic nitrogens is 1. The van der Waals surface area contributed by atoms with Crippen molar-refractivity contribution in [2.45, 2.75) is 20.0 Å². The fraction of sp³-hybridized carbons (Fsp3) is 0.312. The number of nitrogens with one attached hydrogen (secondary N) is 1. The van der Waals surface area contributed by atoms with Crippen LogP contribution in [0.2, 0.25) is 0 Å². The molecule has 2 aromatic rings. The van der Waals surface area contributed by atoms with E-state index in [4.69, 9.17) is 10.5 Å². The number of ether oxygens (including phenoxy) is 1. The van der Waals surface area contributed by atoms with Crippen molar-refractivity contribution in [1.29, 1.82) is 0 Å². The molecule has 0 aliphatic carbocycles. The Morgan fingerprint density at radius 1 is 1.10 bits per heavy atom. The highest BCUT2D eigenvalue weighted by molar-refractivity contribution is 5.63. The molecule has 5 nitrogen and oxygen atoms in total. The first kappa shape index (κ1) is 15.0. The van der Waals surface area contributed by atoms with Gasteiger partial charge in [-0.3, -0.25) is 0 Å². The quantitative estimate of drug-likeness (QED) is 0.883. The third-order valence-corrected chi connectivity index (χ3v) is 2.89. The maximum atomic E-state index is 5.86. The van der Waals surface area contributed by atoms with Gasteiger partial charge >= 0.3 is 0 Å². The van der Waals surface area contributed by atoms with E-state index >= 15 is 0 Å². The van der Waals surface area contributed by atoms with Crippen LogP contribution in [0.4, 0.5) is 22.9 Å². The van der Waals surface area contributed by atoms with Crippen molar-refractivity contribution in [1.82, 2.24) is 4.98 Å². The van der Waals surface area contributed by atoms with Crippen LogP contribution in [-0.2, 0) is 0 Å². The molecule has 0 atom stereocenters. The highest BCUT2D eigenvalue weighted by Gasteiger charge is 2.07. The van der Waals surface area contributed by atoms with Gasteiger partial charge in [0.15, 0.2) is 0 Å². The van der Waals surface area contributed by atoms with Crippen LogP contribution in [-0.4, -0.2) is 25.2 Å². The molecule has 112 valence electrons. The Hall–Kier alpha value is -2.43. The summed E-state index contributed by atoms with van der Waals surface area (Å²) >= 11 is 0. The van der Waals surface area contributed by atoms with Crippen molar-refractivity contribution < 1.29 is 4.74 Å². The summed E-state index contributed by atoms with van der Waals surface area (Å²) in [5.74, 6) is 1.16. The first-order chi connectivity index (χ1) is 9.95. The zero-order chi connectivity index (χ0) is 15.4. The zero-order valence-corrected chi connectivity index (χ0v) is 12.9. The molecule has 1 aromatic carbocycles. The molecule has 0 bridgehead atoms. The fourth-order valence-corrected chi connectivity index (χ4v) is 1.83. The zero-order valence-electron chi connectivity index (χ0n) is 12.9. The predicted molar refractivity (Wildman–Crippen MR) is 88.5 cm³/mol.